The van der Waals surface area contributed by atoms with Gasteiger partial charge in [0.05, 0.1) is 40.4 Å². The lowest BCUT2D eigenvalue weighted by Gasteiger charge is -2.24. The van der Waals surface area contributed by atoms with Crippen LogP contribution in [0.15, 0.2) is 67.0 Å². The molecule has 6 nitrogen and oxygen atoms in total. The third-order valence-electron chi connectivity index (χ3n) is 4.06. The van der Waals surface area contributed by atoms with Crippen molar-refractivity contribution < 1.29 is 13.2 Å². The van der Waals surface area contributed by atoms with Gasteiger partial charge in [-0.15, -0.1) is 0 Å². The molecule has 1 aromatic heterocycles. The molecule has 1 heterocycles. The molecule has 0 aliphatic carbocycles. The van der Waals surface area contributed by atoms with Crippen LogP contribution in [0.4, 0.5) is 11.4 Å². The molecule has 1 amide bonds. The van der Waals surface area contributed by atoms with E-state index in [1.54, 1.807) is 67.0 Å². The summed E-state index contributed by atoms with van der Waals surface area (Å²) in [5.74, 6) is -0.289. The molecule has 0 bridgehead atoms. The Kier molecular flexibility index (Phi) is 6.42. The van der Waals surface area contributed by atoms with Crippen LogP contribution in [0.1, 0.15) is 15.9 Å². The van der Waals surface area contributed by atoms with Gasteiger partial charge in [0.1, 0.15) is 0 Å². The van der Waals surface area contributed by atoms with Gasteiger partial charge in [-0.05, 0) is 42.0 Å². The Bertz CT molecular complexity index is 1120. The van der Waals surface area contributed by atoms with Gasteiger partial charge < -0.3 is 5.32 Å². The van der Waals surface area contributed by atoms with Crippen LogP contribution in [0.2, 0.25) is 10.0 Å². The van der Waals surface area contributed by atoms with Gasteiger partial charge in [0, 0.05) is 11.8 Å². The average molecular weight is 450 g/mol. The van der Waals surface area contributed by atoms with Crippen LogP contribution in [0, 0.1) is 0 Å². The Labute approximate surface area is 179 Å². The Morgan fingerprint density at radius 3 is 2.41 bits per heavy atom. The number of anilines is 2. The van der Waals surface area contributed by atoms with Crippen LogP contribution in [0.3, 0.4) is 0 Å². The molecule has 0 atom stereocenters. The second kappa shape index (κ2) is 8.82. The van der Waals surface area contributed by atoms with Crippen LogP contribution in [0.25, 0.3) is 0 Å². The van der Waals surface area contributed by atoms with E-state index in [0.717, 1.165) is 6.26 Å². The largest absolute Gasteiger partial charge is 0.321 e. The molecule has 0 fully saturated rings. The number of hydrogen-bond acceptors (Lipinski definition) is 4. The van der Waals surface area contributed by atoms with E-state index in [2.05, 4.69) is 10.3 Å². The van der Waals surface area contributed by atoms with Crippen molar-refractivity contribution >= 4 is 50.5 Å². The summed E-state index contributed by atoms with van der Waals surface area (Å²) in [6.45, 7) is 0.0450. The Balaban J connectivity index is 1.81. The molecule has 9 heteroatoms. The number of hydrogen-bond donors (Lipinski definition) is 1. The molecule has 0 aliphatic rings. The summed E-state index contributed by atoms with van der Waals surface area (Å²) in [4.78, 5) is 16.3. The lowest BCUT2D eigenvalue weighted by atomic mass is 10.1. The topological polar surface area (TPSA) is 79.4 Å². The number of rotatable bonds is 6. The maximum atomic E-state index is 12.3. The van der Waals surface area contributed by atoms with E-state index in [1.165, 1.54) is 4.31 Å². The predicted octanol–water partition coefficient (Wildman–Crippen LogP) is 4.61. The summed E-state index contributed by atoms with van der Waals surface area (Å²) in [6, 6.07) is 14.9. The van der Waals surface area contributed by atoms with Crippen molar-refractivity contribution in [3.05, 3.63) is 88.2 Å². The SMILES string of the molecule is CS(=O)(=O)N(Cc1ccc(C(=O)Nc2cccnc2)cc1)c1cccc(Cl)c1Cl. The van der Waals surface area contributed by atoms with Gasteiger partial charge in [0.15, 0.2) is 0 Å². The number of amides is 1. The molecular weight excluding hydrogens is 433 g/mol. The van der Waals surface area contributed by atoms with Gasteiger partial charge in [-0.2, -0.15) is 0 Å². The first kappa shape index (κ1) is 21.1. The van der Waals surface area contributed by atoms with E-state index >= 15 is 0 Å². The number of carbonyl (C=O) groups excluding carboxylic acids is 1. The van der Waals surface area contributed by atoms with E-state index in [-0.39, 0.29) is 22.5 Å². The lowest BCUT2D eigenvalue weighted by molar-refractivity contribution is 0.102. The minimum Gasteiger partial charge on any atom is -0.321 e. The molecule has 0 saturated carbocycles. The highest BCUT2D eigenvalue weighted by molar-refractivity contribution is 7.92. The van der Waals surface area contributed by atoms with Crippen molar-refractivity contribution in [1.29, 1.82) is 0 Å². The maximum Gasteiger partial charge on any atom is 0.255 e. The molecule has 3 aromatic rings. The normalized spacial score (nSPS) is 11.1. The zero-order valence-corrected chi connectivity index (χ0v) is 17.7. The second-order valence-electron chi connectivity index (χ2n) is 6.24. The highest BCUT2D eigenvalue weighted by Gasteiger charge is 2.21. The highest BCUT2D eigenvalue weighted by Crippen LogP contribution is 2.34. The number of halogens is 2. The van der Waals surface area contributed by atoms with E-state index in [4.69, 9.17) is 23.2 Å². The number of benzene rings is 2. The van der Waals surface area contributed by atoms with Crippen molar-refractivity contribution in [2.45, 2.75) is 6.54 Å². The van der Waals surface area contributed by atoms with Gasteiger partial charge in [0.2, 0.25) is 10.0 Å². The van der Waals surface area contributed by atoms with E-state index in [9.17, 15) is 13.2 Å². The molecule has 2 aromatic carbocycles. The average Bonchev–Trinajstić information content (AvgIpc) is 2.69. The first-order valence-corrected chi connectivity index (χ1v) is 11.1. The zero-order chi connectivity index (χ0) is 21.0. The molecule has 29 heavy (non-hydrogen) atoms. The van der Waals surface area contributed by atoms with Gasteiger partial charge >= 0.3 is 0 Å². The minimum absolute atomic E-state index is 0.0450. The Morgan fingerprint density at radius 2 is 1.79 bits per heavy atom. The molecular formula is C20H17Cl2N3O3S. The summed E-state index contributed by atoms with van der Waals surface area (Å²) in [6.07, 6.45) is 4.26. The van der Waals surface area contributed by atoms with Crippen molar-refractivity contribution in [2.24, 2.45) is 0 Å². The van der Waals surface area contributed by atoms with E-state index < -0.39 is 10.0 Å². The van der Waals surface area contributed by atoms with Gasteiger partial charge in [-0.25, -0.2) is 8.42 Å². The fourth-order valence-electron chi connectivity index (χ4n) is 2.63. The van der Waals surface area contributed by atoms with Crippen molar-refractivity contribution in [2.75, 3.05) is 15.9 Å². The highest BCUT2D eigenvalue weighted by atomic mass is 35.5. The van der Waals surface area contributed by atoms with Crippen LogP contribution < -0.4 is 9.62 Å². The fraction of sp³-hybridized carbons (Fsp3) is 0.100. The van der Waals surface area contributed by atoms with Gasteiger partial charge in [-0.3, -0.25) is 14.1 Å². The van der Waals surface area contributed by atoms with Crippen LogP contribution in [-0.2, 0) is 16.6 Å². The molecule has 150 valence electrons. The third-order valence-corrected chi connectivity index (χ3v) is 6.00. The smallest absolute Gasteiger partial charge is 0.255 e. The Morgan fingerprint density at radius 1 is 1.07 bits per heavy atom. The number of carbonyl (C=O) groups is 1. The molecule has 0 saturated heterocycles. The first-order chi connectivity index (χ1) is 13.8. The zero-order valence-electron chi connectivity index (χ0n) is 15.3. The molecule has 1 N–H and O–H groups in total. The van der Waals surface area contributed by atoms with E-state index in [0.29, 0.717) is 22.5 Å². The number of nitrogens with zero attached hydrogens (tertiary/aromatic N) is 2. The summed E-state index contributed by atoms with van der Waals surface area (Å²) in [5, 5.41) is 3.17. The predicted molar refractivity (Wildman–Crippen MR) is 116 cm³/mol. The summed E-state index contributed by atoms with van der Waals surface area (Å²) < 4.78 is 25.8. The van der Waals surface area contributed by atoms with Crippen molar-refractivity contribution in [3.8, 4) is 0 Å². The third kappa shape index (κ3) is 5.26. The summed E-state index contributed by atoms with van der Waals surface area (Å²) in [5.41, 5.74) is 1.99. The van der Waals surface area contributed by atoms with Gasteiger partial charge in [0.25, 0.3) is 5.91 Å². The number of sulfonamides is 1. The number of aromatic nitrogens is 1. The van der Waals surface area contributed by atoms with Crippen molar-refractivity contribution in [1.82, 2.24) is 4.98 Å². The van der Waals surface area contributed by atoms with Crippen molar-refractivity contribution in [3.63, 3.8) is 0 Å². The van der Waals surface area contributed by atoms with Crippen LogP contribution in [0.5, 0.6) is 0 Å². The van der Waals surface area contributed by atoms with Crippen LogP contribution >= 0.6 is 23.2 Å². The molecule has 3 rings (SSSR count). The lowest BCUT2D eigenvalue weighted by Crippen LogP contribution is -2.29. The van der Waals surface area contributed by atoms with Crippen LogP contribution in [-0.4, -0.2) is 25.6 Å². The monoisotopic (exact) mass is 449 g/mol. The Hall–Kier alpha value is -2.61. The number of pyridine rings is 1. The summed E-state index contributed by atoms with van der Waals surface area (Å²) in [7, 11) is -3.62. The quantitative estimate of drug-likeness (QED) is 0.595. The molecule has 0 unspecified atom stereocenters. The molecule has 0 aliphatic heterocycles. The first-order valence-electron chi connectivity index (χ1n) is 8.48. The molecule has 0 spiro atoms. The molecule has 0 radical (unpaired) electrons. The van der Waals surface area contributed by atoms with E-state index in [1.807, 2.05) is 0 Å². The number of nitrogens with one attached hydrogen (secondary N) is 1. The maximum absolute atomic E-state index is 12.3. The minimum atomic E-state index is -3.62. The standard InChI is InChI=1S/C20H17Cl2N3O3S/c1-29(27,28)25(18-6-2-5-17(21)19(18)22)13-14-7-9-15(10-8-14)20(26)24-16-4-3-11-23-12-16/h2-12H,13H2,1H3,(H,24,26). The summed E-state index contributed by atoms with van der Waals surface area (Å²) >= 11 is 12.2. The van der Waals surface area contributed by atoms with Gasteiger partial charge in [-0.1, -0.05) is 41.4 Å². The second-order valence-corrected chi connectivity index (χ2v) is 8.93. The fourth-order valence-corrected chi connectivity index (χ4v) is 3.97.